The van der Waals surface area contributed by atoms with Gasteiger partial charge in [0.25, 0.3) is 0 Å². The fraction of sp³-hybridized carbons (Fsp3) is 0.182. The molecule has 0 spiro atoms. The van der Waals surface area contributed by atoms with E-state index in [1.165, 1.54) is 0 Å². The number of nitrogens with zero attached hydrogens (tertiary/aromatic N) is 1. The van der Waals surface area contributed by atoms with Gasteiger partial charge in [-0.3, -0.25) is 4.98 Å². The van der Waals surface area contributed by atoms with Crippen LogP contribution in [0.2, 0.25) is 0 Å². The van der Waals surface area contributed by atoms with Crippen LogP contribution in [0.4, 0.5) is 0 Å². The molecule has 2 rings (SSSR count). The maximum atomic E-state index is 5.30. The average Bonchev–Trinajstić information content (AvgIpc) is 2.17. The lowest BCUT2D eigenvalue weighted by atomic mass is 10.2. The van der Waals surface area contributed by atoms with Gasteiger partial charge < -0.3 is 4.74 Å². The molecule has 0 fully saturated rings. The normalized spacial score (nSPS) is 10.5. The summed E-state index contributed by atoms with van der Waals surface area (Å²) in [6.45, 7) is 1.96. The van der Waals surface area contributed by atoms with Gasteiger partial charge in [-0.05, 0) is 25.1 Å². The van der Waals surface area contributed by atoms with Gasteiger partial charge in [-0.15, -0.1) is 0 Å². The molecular formula is C11H10BrNO. The number of halogens is 1. The van der Waals surface area contributed by atoms with Gasteiger partial charge in [0.05, 0.1) is 12.6 Å². The van der Waals surface area contributed by atoms with Gasteiger partial charge in [0, 0.05) is 21.6 Å². The topological polar surface area (TPSA) is 22.1 Å². The van der Waals surface area contributed by atoms with Crippen LogP contribution < -0.4 is 4.74 Å². The van der Waals surface area contributed by atoms with Crippen LogP contribution in [0.1, 0.15) is 5.69 Å². The number of hydrogen-bond acceptors (Lipinski definition) is 2. The SMILES string of the molecule is COc1cc(C)nc2ccc(Br)cc12. The number of ether oxygens (including phenoxy) is 1. The van der Waals surface area contributed by atoms with Crippen molar-refractivity contribution < 1.29 is 4.74 Å². The van der Waals surface area contributed by atoms with Crippen LogP contribution in [0.3, 0.4) is 0 Å². The van der Waals surface area contributed by atoms with Gasteiger partial charge in [0.1, 0.15) is 5.75 Å². The Kier molecular flexibility index (Phi) is 2.42. The molecule has 2 nitrogen and oxygen atoms in total. The molecule has 0 N–H and O–H groups in total. The first-order valence-electron chi connectivity index (χ1n) is 4.31. The fourth-order valence-corrected chi connectivity index (χ4v) is 1.82. The number of hydrogen-bond donors (Lipinski definition) is 0. The second-order valence-corrected chi connectivity index (χ2v) is 4.04. The van der Waals surface area contributed by atoms with Crippen molar-refractivity contribution >= 4 is 26.8 Å². The largest absolute Gasteiger partial charge is 0.496 e. The van der Waals surface area contributed by atoms with E-state index < -0.39 is 0 Å². The maximum absolute atomic E-state index is 5.30. The number of pyridine rings is 1. The molecule has 0 unspecified atom stereocenters. The summed E-state index contributed by atoms with van der Waals surface area (Å²) in [5.41, 5.74) is 1.93. The van der Waals surface area contributed by atoms with Crippen molar-refractivity contribution in [3.8, 4) is 5.75 Å². The van der Waals surface area contributed by atoms with Crippen LogP contribution in [0.5, 0.6) is 5.75 Å². The van der Waals surface area contributed by atoms with E-state index in [4.69, 9.17) is 4.74 Å². The molecule has 0 radical (unpaired) electrons. The van der Waals surface area contributed by atoms with E-state index >= 15 is 0 Å². The summed E-state index contributed by atoms with van der Waals surface area (Å²) in [6.07, 6.45) is 0. The zero-order valence-electron chi connectivity index (χ0n) is 8.04. The third-order valence-corrected chi connectivity index (χ3v) is 2.57. The lowest BCUT2D eigenvalue weighted by Crippen LogP contribution is -1.89. The van der Waals surface area contributed by atoms with E-state index in [1.54, 1.807) is 7.11 Å². The van der Waals surface area contributed by atoms with Crippen molar-refractivity contribution in [1.29, 1.82) is 0 Å². The van der Waals surface area contributed by atoms with Crippen molar-refractivity contribution in [2.24, 2.45) is 0 Å². The van der Waals surface area contributed by atoms with Gasteiger partial charge in [-0.1, -0.05) is 15.9 Å². The van der Waals surface area contributed by atoms with Crippen molar-refractivity contribution in [2.45, 2.75) is 6.92 Å². The predicted molar refractivity (Wildman–Crippen MR) is 60.7 cm³/mol. The van der Waals surface area contributed by atoms with Gasteiger partial charge in [-0.25, -0.2) is 0 Å². The fourth-order valence-electron chi connectivity index (χ4n) is 1.46. The Labute approximate surface area is 91.0 Å². The first-order chi connectivity index (χ1) is 6.70. The van der Waals surface area contributed by atoms with Crippen molar-refractivity contribution in [3.63, 3.8) is 0 Å². The number of methoxy groups -OCH3 is 1. The maximum Gasteiger partial charge on any atom is 0.130 e. The molecule has 0 aliphatic carbocycles. The highest BCUT2D eigenvalue weighted by atomic mass is 79.9. The standard InChI is InChI=1S/C11H10BrNO/c1-7-5-11(14-2)9-6-8(12)3-4-10(9)13-7/h3-6H,1-2H3. The lowest BCUT2D eigenvalue weighted by molar-refractivity contribution is 0.419. The molecule has 1 aromatic heterocycles. The highest BCUT2D eigenvalue weighted by Crippen LogP contribution is 2.27. The number of aryl methyl sites for hydroxylation is 1. The molecule has 0 saturated carbocycles. The second kappa shape index (κ2) is 3.58. The van der Waals surface area contributed by atoms with Gasteiger partial charge in [0.2, 0.25) is 0 Å². The first kappa shape index (κ1) is 9.46. The molecule has 2 aromatic rings. The van der Waals surface area contributed by atoms with Gasteiger partial charge >= 0.3 is 0 Å². The summed E-state index contributed by atoms with van der Waals surface area (Å²) in [4.78, 5) is 4.42. The Morgan fingerprint density at radius 2 is 2.07 bits per heavy atom. The van der Waals surface area contributed by atoms with Gasteiger partial charge in [0.15, 0.2) is 0 Å². The minimum absolute atomic E-state index is 0.869. The van der Waals surface area contributed by atoms with Crippen LogP contribution in [0.15, 0.2) is 28.7 Å². The van der Waals surface area contributed by atoms with Gasteiger partial charge in [-0.2, -0.15) is 0 Å². The first-order valence-corrected chi connectivity index (χ1v) is 5.11. The molecule has 0 aliphatic heterocycles. The lowest BCUT2D eigenvalue weighted by Gasteiger charge is -2.06. The number of rotatable bonds is 1. The molecule has 0 atom stereocenters. The molecule has 14 heavy (non-hydrogen) atoms. The van der Waals surface area contributed by atoms with E-state index in [0.717, 1.165) is 26.8 Å². The zero-order valence-corrected chi connectivity index (χ0v) is 9.63. The average molecular weight is 252 g/mol. The highest BCUT2D eigenvalue weighted by Gasteiger charge is 2.04. The molecule has 3 heteroatoms. The summed E-state index contributed by atoms with van der Waals surface area (Å²) in [5, 5.41) is 1.03. The zero-order chi connectivity index (χ0) is 10.1. The number of fused-ring (bicyclic) bond motifs is 1. The molecule has 0 amide bonds. The highest BCUT2D eigenvalue weighted by molar-refractivity contribution is 9.10. The molecule has 1 aromatic carbocycles. The van der Waals surface area contributed by atoms with Crippen LogP contribution in [0.25, 0.3) is 10.9 Å². The number of aromatic nitrogens is 1. The third kappa shape index (κ3) is 1.60. The van der Waals surface area contributed by atoms with E-state index in [1.807, 2.05) is 31.2 Å². The van der Waals surface area contributed by atoms with Crippen LogP contribution in [-0.4, -0.2) is 12.1 Å². The minimum atomic E-state index is 0.869. The minimum Gasteiger partial charge on any atom is -0.496 e. The molecule has 0 saturated heterocycles. The van der Waals surface area contributed by atoms with Crippen molar-refractivity contribution in [3.05, 3.63) is 34.4 Å². The summed E-state index contributed by atoms with van der Waals surface area (Å²) >= 11 is 3.43. The van der Waals surface area contributed by atoms with Crippen molar-refractivity contribution in [2.75, 3.05) is 7.11 Å². The smallest absolute Gasteiger partial charge is 0.130 e. The summed E-state index contributed by atoms with van der Waals surface area (Å²) in [7, 11) is 1.68. The Morgan fingerprint density at radius 3 is 2.79 bits per heavy atom. The number of benzene rings is 1. The molecule has 72 valence electrons. The van der Waals surface area contributed by atoms with Crippen molar-refractivity contribution in [1.82, 2.24) is 4.98 Å². The summed E-state index contributed by atoms with van der Waals surface area (Å²) in [6, 6.07) is 7.92. The Hall–Kier alpha value is -1.09. The summed E-state index contributed by atoms with van der Waals surface area (Å²) < 4.78 is 6.34. The van der Waals surface area contributed by atoms with Crippen LogP contribution in [-0.2, 0) is 0 Å². The molecular weight excluding hydrogens is 242 g/mol. The third-order valence-electron chi connectivity index (χ3n) is 2.08. The molecule has 0 bridgehead atoms. The van der Waals surface area contributed by atoms with E-state index in [-0.39, 0.29) is 0 Å². The van der Waals surface area contributed by atoms with Crippen LogP contribution >= 0.6 is 15.9 Å². The molecule has 1 heterocycles. The quantitative estimate of drug-likeness (QED) is 0.776. The van der Waals surface area contributed by atoms with E-state index in [2.05, 4.69) is 20.9 Å². The van der Waals surface area contributed by atoms with E-state index in [0.29, 0.717) is 0 Å². The Morgan fingerprint density at radius 1 is 1.29 bits per heavy atom. The molecule has 0 aliphatic rings. The Balaban J connectivity index is 2.81. The predicted octanol–water partition coefficient (Wildman–Crippen LogP) is 3.31. The monoisotopic (exact) mass is 251 g/mol. The second-order valence-electron chi connectivity index (χ2n) is 3.13. The Bertz CT molecular complexity index is 482. The van der Waals surface area contributed by atoms with E-state index in [9.17, 15) is 0 Å². The summed E-state index contributed by atoms with van der Waals surface area (Å²) in [5.74, 6) is 0.869. The van der Waals surface area contributed by atoms with Crippen LogP contribution in [0, 0.1) is 6.92 Å².